The summed E-state index contributed by atoms with van der Waals surface area (Å²) in [4.78, 5) is 37.3. The van der Waals surface area contributed by atoms with E-state index in [2.05, 4.69) is 10.3 Å². The molecule has 0 fully saturated rings. The molecule has 0 spiro atoms. The van der Waals surface area contributed by atoms with E-state index < -0.39 is 17.2 Å². The first-order chi connectivity index (χ1) is 9.09. The molecule has 0 unspecified atom stereocenters. The van der Waals surface area contributed by atoms with Crippen molar-refractivity contribution in [2.75, 3.05) is 5.32 Å². The van der Waals surface area contributed by atoms with Gasteiger partial charge in [-0.3, -0.25) is 14.4 Å². The van der Waals surface area contributed by atoms with Crippen molar-refractivity contribution in [1.29, 1.82) is 0 Å². The predicted octanol–water partition coefficient (Wildman–Crippen LogP) is 0.726. The molecule has 2 rings (SSSR count). The second kappa shape index (κ2) is 5.18. The first-order valence-corrected chi connectivity index (χ1v) is 5.47. The predicted molar refractivity (Wildman–Crippen MR) is 70.0 cm³/mol. The lowest BCUT2D eigenvalue weighted by Crippen LogP contribution is -2.23. The Morgan fingerprint density at radius 3 is 2.53 bits per heavy atom. The summed E-state index contributed by atoms with van der Waals surface area (Å²) in [7, 11) is 0. The van der Waals surface area contributed by atoms with E-state index in [9.17, 15) is 14.4 Å². The van der Waals surface area contributed by atoms with Gasteiger partial charge in [-0.05, 0) is 12.1 Å². The van der Waals surface area contributed by atoms with Crippen molar-refractivity contribution in [2.24, 2.45) is 5.73 Å². The highest BCUT2D eigenvalue weighted by Gasteiger charge is 2.13. The van der Waals surface area contributed by atoms with Gasteiger partial charge in [0.2, 0.25) is 0 Å². The summed E-state index contributed by atoms with van der Waals surface area (Å²) < 4.78 is 0. The van der Waals surface area contributed by atoms with E-state index >= 15 is 0 Å². The van der Waals surface area contributed by atoms with Gasteiger partial charge in [-0.1, -0.05) is 12.1 Å². The molecule has 6 nitrogen and oxygen atoms in total. The summed E-state index contributed by atoms with van der Waals surface area (Å²) >= 11 is 0. The lowest BCUT2D eigenvalue weighted by Gasteiger charge is -2.08. The first-order valence-electron chi connectivity index (χ1n) is 5.47. The first kappa shape index (κ1) is 12.6. The molecule has 0 radical (unpaired) electrons. The number of aromatic amines is 1. The molecule has 0 aliphatic heterocycles. The van der Waals surface area contributed by atoms with E-state index in [-0.39, 0.29) is 16.8 Å². The van der Waals surface area contributed by atoms with Crippen LogP contribution in [0.3, 0.4) is 0 Å². The van der Waals surface area contributed by atoms with Crippen molar-refractivity contribution in [1.82, 2.24) is 4.98 Å². The van der Waals surface area contributed by atoms with Gasteiger partial charge in [0, 0.05) is 18.5 Å². The van der Waals surface area contributed by atoms with E-state index in [1.165, 1.54) is 30.6 Å². The van der Waals surface area contributed by atoms with E-state index in [1.54, 1.807) is 12.1 Å². The Balaban J connectivity index is 2.33. The minimum Gasteiger partial charge on any atom is -0.367 e. The molecule has 0 aliphatic carbocycles. The maximum Gasteiger partial charge on any atom is 0.261 e. The fourth-order valence-corrected chi connectivity index (χ4v) is 1.59. The van der Waals surface area contributed by atoms with Crippen LogP contribution in [0.25, 0.3) is 0 Å². The lowest BCUT2D eigenvalue weighted by molar-refractivity contribution is 0.100. The van der Waals surface area contributed by atoms with Gasteiger partial charge < -0.3 is 16.0 Å². The number of hydrogen-bond donors (Lipinski definition) is 3. The van der Waals surface area contributed by atoms with E-state index in [0.717, 1.165) is 0 Å². The van der Waals surface area contributed by atoms with E-state index in [4.69, 9.17) is 5.73 Å². The molecule has 6 heteroatoms. The molecular formula is C13H11N3O3. The van der Waals surface area contributed by atoms with Crippen molar-refractivity contribution >= 4 is 17.5 Å². The fraction of sp³-hybridized carbons (Fsp3) is 0. The summed E-state index contributed by atoms with van der Waals surface area (Å²) in [5.74, 6) is -1.26. The van der Waals surface area contributed by atoms with Gasteiger partial charge in [0.05, 0.1) is 11.3 Å². The number of carbonyl (C=O) groups excluding carboxylic acids is 2. The second-order valence-corrected chi connectivity index (χ2v) is 3.79. The SMILES string of the molecule is NC(=O)c1ccccc1NC(=O)c1c[nH]ccc1=O. The van der Waals surface area contributed by atoms with Crippen molar-refractivity contribution in [3.8, 4) is 0 Å². The van der Waals surface area contributed by atoms with Gasteiger partial charge in [0.25, 0.3) is 11.8 Å². The molecule has 2 amide bonds. The van der Waals surface area contributed by atoms with Gasteiger partial charge >= 0.3 is 0 Å². The summed E-state index contributed by atoms with van der Waals surface area (Å²) in [6, 6.07) is 7.56. The van der Waals surface area contributed by atoms with Gasteiger partial charge in [0.1, 0.15) is 5.56 Å². The molecule has 4 N–H and O–H groups in total. The molecule has 0 saturated carbocycles. The average molecular weight is 257 g/mol. The van der Waals surface area contributed by atoms with Crippen LogP contribution < -0.4 is 16.5 Å². The maximum absolute atomic E-state index is 11.9. The number of carbonyl (C=O) groups is 2. The molecule has 96 valence electrons. The van der Waals surface area contributed by atoms with Crippen LogP contribution in [0.4, 0.5) is 5.69 Å². The number of H-pyrrole nitrogens is 1. The van der Waals surface area contributed by atoms with Crippen LogP contribution in [-0.4, -0.2) is 16.8 Å². The Morgan fingerprint density at radius 2 is 1.84 bits per heavy atom. The Morgan fingerprint density at radius 1 is 1.11 bits per heavy atom. The molecule has 1 aromatic heterocycles. The van der Waals surface area contributed by atoms with Gasteiger partial charge in [0.15, 0.2) is 5.43 Å². The van der Waals surface area contributed by atoms with Crippen LogP contribution in [0.15, 0.2) is 47.5 Å². The number of primary amides is 1. The molecular weight excluding hydrogens is 246 g/mol. The highest BCUT2D eigenvalue weighted by molar-refractivity contribution is 6.08. The zero-order valence-electron chi connectivity index (χ0n) is 9.84. The third-order valence-corrected chi connectivity index (χ3v) is 2.51. The summed E-state index contributed by atoms with van der Waals surface area (Å²) in [5, 5.41) is 2.49. The summed E-state index contributed by atoms with van der Waals surface area (Å²) in [6.45, 7) is 0. The zero-order chi connectivity index (χ0) is 13.8. The van der Waals surface area contributed by atoms with Crippen LogP contribution in [-0.2, 0) is 0 Å². The van der Waals surface area contributed by atoms with Crippen LogP contribution in [0.1, 0.15) is 20.7 Å². The maximum atomic E-state index is 11.9. The highest BCUT2D eigenvalue weighted by Crippen LogP contribution is 2.14. The molecule has 2 aromatic rings. The molecule has 0 atom stereocenters. The minimum atomic E-state index is -0.655. The minimum absolute atomic E-state index is 0.0400. The number of nitrogens with one attached hydrogen (secondary N) is 2. The average Bonchev–Trinajstić information content (AvgIpc) is 2.39. The number of anilines is 1. The Bertz CT molecular complexity index is 691. The molecule has 0 aliphatic rings. The molecule has 0 saturated heterocycles. The normalized spacial score (nSPS) is 9.89. The zero-order valence-corrected chi connectivity index (χ0v) is 9.84. The van der Waals surface area contributed by atoms with Crippen LogP contribution in [0, 0.1) is 0 Å². The standard InChI is InChI=1S/C13H11N3O3/c14-12(18)8-3-1-2-4-10(8)16-13(19)9-7-15-6-5-11(9)17/h1-7H,(H2,14,18)(H,15,17)(H,16,19). The van der Waals surface area contributed by atoms with Crippen molar-refractivity contribution < 1.29 is 9.59 Å². The third-order valence-electron chi connectivity index (χ3n) is 2.51. The Kier molecular flexibility index (Phi) is 3.42. The van der Waals surface area contributed by atoms with Gasteiger partial charge in [-0.2, -0.15) is 0 Å². The van der Waals surface area contributed by atoms with Gasteiger partial charge in [-0.25, -0.2) is 0 Å². The molecule has 1 aromatic carbocycles. The van der Waals surface area contributed by atoms with E-state index in [1.807, 2.05) is 0 Å². The number of pyridine rings is 1. The van der Waals surface area contributed by atoms with Crippen LogP contribution in [0.2, 0.25) is 0 Å². The van der Waals surface area contributed by atoms with Crippen LogP contribution >= 0.6 is 0 Å². The van der Waals surface area contributed by atoms with E-state index in [0.29, 0.717) is 0 Å². The van der Waals surface area contributed by atoms with Crippen LogP contribution in [0.5, 0.6) is 0 Å². The quantitative estimate of drug-likeness (QED) is 0.754. The number of nitrogens with two attached hydrogens (primary N) is 1. The summed E-state index contributed by atoms with van der Waals surface area (Å²) in [6.07, 6.45) is 2.72. The van der Waals surface area contributed by atoms with Crippen molar-refractivity contribution in [3.63, 3.8) is 0 Å². The molecule has 0 bridgehead atoms. The monoisotopic (exact) mass is 257 g/mol. The smallest absolute Gasteiger partial charge is 0.261 e. The number of hydrogen-bond acceptors (Lipinski definition) is 3. The molecule has 1 heterocycles. The molecule has 19 heavy (non-hydrogen) atoms. The number of rotatable bonds is 3. The number of amides is 2. The van der Waals surface area contributed by atoms with Gasteiger partial charge in [-0.15, -0.1) is 0 Å². The van der Waals surface area contributed by atoms with Crippen molar-refractivity contribution in [2.45, 2.75) is 0 Å². The second-order valence-electron chi connectivity index (χ2n) is 3.79. The number of aromatic nitrogens is 1. The summed E-state index contributed by atoms with van der Waals surface area (Å²) in [5.41, 5.74) is 5.20. The third kappa shape index (κ3) is 2.68. The highest BCUT2D eigenvalue weighted by atomic mass is 16.2. The number of benzene rings is 1. The number of para-hydroxylation sites is 1. The lowest BCUT2D eigenvalue weighted by atomic mass is 10.1. The Hall–Kier alpha value is -2.89. The van der Waals surface area contributed by atoms with Crippen molar-refractivity contribution in [3.05, 3.63) is 64.1 Å². The topological polar surface area (TPSA) is 105 Å². The fourth-order valence-electron chi connectivity index (χ4n) is 1.59. The largest absolute Gasteiger partial charge is 0.367 e. The Labute approximate surface area is 108 Å².